The van der Waals surface area contributed by atoms with E-state index in [0.29, 0.717) is 15.6 Å². The van der Waals surface area contributed by atoms with Crippen LogP contribution in [0.3, 0.4) is 0 Å². The van der Waals surface area contributed by atoms with Crippen molar-refractivity contribution in [2.75, 3.05) is 0 Å². The first-order valence-corrected chi connectivity index (χ1v) is 7.28. The second-order valence-corrected chi connectivity index (χ2v) is 5.60. The highest BCUT2D eigenvalue weighted by molar-refractivity contribution is 6.42. The number of halogens is 2. The van der Waals surface area contributed by atoms with Gasteiger partial charge in [0.25, 0.3) is 0 Å². The van der Waals surface area contributed by atoms with Gasteiger partial charge >= 0.3 is 5.97 Å². The lowest BCUT2D eigenvalue weighted by molar-refractivity contribution is -0.130. The van der Waals surface area contributed by atoms with Gasteiger partial charge in [-0.05, 0) is 29.8 Å². The van der Waals surface area contributed by atoms with Gasteiger partial charge in [0, 0.05) is 22.7 Å². The fraction of sp³-hybridized carbons (Fsp3) is 0. The second-order valence-electron chi connectivity index (χ2n) is 4.78. The molecule has 0 unspecified atom stereocenters. The molecule has 3 aromatic rings. The van der Waals surface area contributed by atoms with Gasteiger partial charge in [-0.2, -0.15) is 0 Å². The van der Waals surface area contributed by atoms with Crippen molar-refractivity contribution in [3.8, 4) is 0 Å². The van der Waals surface area contributed by atoms with Crippen LogP contribution in [0.15, 0.2) is 48.7 Å². The molecular formula is C17H11Cl2NO2. The first-order chi connectivity index (χ1) is 10.6. The summed E-state index contributed by atoms with van der Waals surface area (Å²) in [5.74, 6) is -1.02. The van der Waals surface area contributed by atoms with Gasteiger partial charge in [-0.1, -0.05) is 47.5 Å². The maximum atomic E-state index is 11.6. The molecule has 0 saturated carbocycles. The molecule has 0 aliphatic carbocycles. The quantitative estimate of drug-likeness (QED) is 0.656. The van der Waals surface area contributed by atoms with Crippen molar-refractivity contribution < 1.29 is 9.90 Å². The zero-order valence-corrected chi connectivity index (χ0v) is 12.8. The lowest BCUT2D eigenvalue weighted by Gasteiger charge is -2.04. The van der Waals surface area contributed by atoms with Crippen molar-refractivity contribution in [2.45, 2.75) is 0 Å². The van der Waals surface area contributed by atoms with E-state index in [2.05, 4.69) is 4.98 Å². The first-order valence-electron chi connectivity index (χ1n) is 6.53. The van der Waals surface area contributed by atoms with E-state index >= 15 is 0 Å². The number of carbonyl (C=O) groups is 1. The highest BCUT2D eigenvalue weighted by atomic mass is 35.5. The molecule has 0 saturated heterocycles. The molecule has 0 fully saturated rings. The van der Waals surface area contributed by atoms with Crippen molar-refractivity contribution >= 4 is 51.7 Å². The van der Waals surface area contributed by atoms with E-state index < -0.39 is 5.97 Å². The topological polar surface area (TPSA) is 53.1 Å². The molecule has 0 amide bonds. The number of benzene rings is 2. The largest absolute Gasteiger partial charge is 0.478 e. The summed E-state index contributed by atoms with van der Waals surface area (Å²) in [6.07, 6.45) is 3.41. The second kappa shape index (κ2) is 5.87. The number of hydrogen-bond donors (Lipinski definition) is 2. The van der Waals surface area contributed by atoms with Crippen LogP contribution in [0.25, 0.3) is 22.6 Å². The van der Waals surface area contributed by atoms with Gasteiger partial charge < -0.3 is 10.1 Å². The van der Waals surface area contributed by atoms with E-state index in [1.54, 1.807) is 30.5 Å². The molecule has 1 heterocycles. The van der Waals surface area contributed by atoms with E-state index in [1.165, 1.54) is 0 Å². The third kappa shape index (κ3) is 2.73. The highest BCUT2D eigenvalue weighted by Gasteiger charge is 2.13. The van der Waals surface area contributed by atoms with Crippen LogP contribution in [-0.2, 0) is 4.79 Å². The minimum Gasteiger partial charge on any atom is -0.478 e. The maximum Gasteiger partial charge on any atom is 0.336 e. The smallest absolute Gasteiger partial charge is 0.336 e. The number of hydrogen-bond acceptors (Lipinski definition) is 1. The Hall–Kier alpha value is -2.23. The number of aromatic amines is 1. The van der Waals surface area contributed by atoms with E-state index in [-0.39, 0.29) is 5.57 Å². The predicted molar refractivity (Wildman–Crippen MR) is 90.3 cm³/mol. The minimum atomic E-state index is -1.02. The maximum absolute atomic E-state index is 11.6. The lowest BCUT2D eigenvalue weighted by Crippen LogP contribution is -1.99. The number of rotatable bonds is 3. The molecule has 0 spiro atoms. The van der Waals surface area contributed by atoms with Gasteiger partial charge in [-0.3, -0.25) is 0 Å². The van der Waals surface area contributed by atoms with E-state index in [1.807, 2.05) is 24.3 Å². The molecule has 2 aromatic carbocycles. The fourth-order valence-corrected chi connectivity index (χ4v) is 2.60. The molecule has 0 radical (unpaired) electrons. The van der Waals surface area contributed by atoms with Crippen molar-refractivity contribution in [3.63, 3.8) is 0 Å². The Balaban J connectivity index is 2.15. The van der Waals surface area contributed by atoms with Gasteiger partial charge in [-0.15, -0.1) is 0 Å². The standard InChI is InChI=1S/C17H11Cl2NO2/c18-14-6-5-10(8-15(14)19)13(17(21)22)7-11-9-20-16-4-2-1-3-12(11)16/h1-9,20H,(H,21,22). The minimum absolute atomic E-state index is 0.156. The summed E-state index contributed by atoms with van der Waals surface area (Å²) < 4.78 is 0. The molecule has 3 rings (SSSR count). The predicted octanol–water partition coefficient (Wildman–Crippen LogP) is 5.10. The highest BCUT2D eigenvalue weighted by Crippen LogP contribution is 2.29. The van der Waals surface area contributed by atoms with Gasteiger partial charge in [0.05, 0.1) is 15.6 Å². The van der Waals surface area contributed by atoms with Gasteiger partial charge in [0.15, 0.2) is 0 Å². The average molecular weight is 332 g/mol. The summed E-state index contributed by atoms with van der Waals surface area (Å²) >= 11 is 11.9. The molecule has 2 N–H and O–H groups in total. The molecule has 0 bridgehead atoms. The van der Waals surface area contributed by atoms with E-state index in [9.17, 15) is 9.90 Å². The van der Waals surface area contributed by atoms with Crippen LogP contribution in [0.2, 0.25) is 10.0 Å². The van der Waals surface area contributed by atoms with Crippen LogP contribution in [-0.4, -0.2) is 16.1 Å². The van der Waals surface area contributed by atoms with Crippen molar-refractivity contribution in [1.82, 2.24) is 4.98 Å². The van der Waals surface area contributed by atoms with Crippen molar-refractivity contribution in [2.24, 2.45) is 0 Å². The first kappa shape index (κ1) is 14.7. The third-order valence-corrected chi connectivity index (χ3v) is 4.12. The van der Waals surface area contributed by atoms with Gasteiger partial charge in [0.1, 0.15) is 0 Å². The van der Waals surface area contributed by atoms with Crippen LogP contribution < -0.4 is 0 Å². The summed E-state index contributed by atoms with van der Waals surface area (Å²) in [5, 5.41) is 11.2. The normalized spacial score (nSPS) is 11.8. The van der Waals surface area contributed by atoms with Gasteiger partial charge in [0.2, 0.25) is 0 Å². The molecule has 5 heteroatoms. The van der Waals surface area contributed by atoms with Crippen LogP contribution in [0.4, 0.5) is 0 Å². The Bertz CT molecular complexity index is 897. The number of para-hydroxylation sites is 1. The molecular weight excluding hydrogens is 321 g/mol. The van der Waals surface area contributed by atoms with Gasteiger partial charge in [-0.25, -0.2) is 4.79 Å². The summed E-state index contributed by atoms with van der Waals surface area (Å²) in [7, 11) is 0. The number of aromatic nitrogens is 1. The SMILES string of the molecule is O=C(O)C(=Cc1c[nH]c2ccccc12)c1ccc(Cl)c(Cl)c1. The van der Waals surface area contributed by atoms with Crippen LogP contribution in [0, 0.1) is 0 Å². The molecule has 1 aromatic heterocycles. The number of carboxylic acid groups (broad SMARTS) is 1. The number of H-pyrrole nitrogens is 1. The Morgan fingerprint density at radius 1 is 1.09 bits per heavy atom. The molecule has 110 valence electrons. The summed E-state index contributed by atoms with van der Waals surface area (Å²) in [4.78, 5) is 14.7. The fourth-order valence-electron chi connectivity index (χ4n) is 2.30. The number of fused-ring (bicyclic) bond motifs is 1. The van der Waals surface area contributed by atoms with Crippen LogP contribution >= 0.6 is 23.2 Å². The Morgan fingerprint density at radius 3 is 2.59 bits per heavy atom. The van der Waals surface area contributed by atoms with Crippen LogP contribution in [0.1, 0.15) is 11.1 Å². The number of carboxylic acids is 1. The Morgan fingerprint density at radius 2 is 1.86 bits per heavy atom. The third-order valence-electron chi connectivity index (χ3n) is 3.38. The average Bonchev–Trinajstić information content (AvgIpc) is 2.91. The lowest BCUT2D eigenvalue weighted by atomic mass is 10.0. The Kier molecular flexibility index (Phi) is 3.92. The molecule has 0 atom stereocenters. The summed E-state index contributed by atoms with van der Waals surface area (Å²) in [5.41, 5.74) is 2.42. The zero-order valence-electron chi connectivity index (χ0n) is 11.3. The van der Waals surface area contributed by atoms with Crippen LogP contribution in [0.5, 0.6) is 0 Å². The molecule has 0 aliphatic heterocycles. The number of aliphatic carboxylic acids is 1. The van der Waals surface area contributed by atoms with E-state index in [0.717, 1.165) is 16.5 Å². The summed E-state index contributed by atoms with van der Waals surface area (Å²) in [6, 6.07) is 12.5. The van der Waals surface area contributed by atoms with E-state index in [4.69, 9.17) is 23.2 Å². The monoisotopic (exact) mass is 331 g/mol. The molecule has 0 aliphatic rings. The zero-order chi connectivity index (χ0) is 15.7. The molecule has 3 nitrogen and oxygen atoms in total. The summed E-state index contributed by atoms with van der Waals surface area (Å²) in [6.45, 7) is 0. The Labute approximate surface area is 136 Å². The van der Waals surface area contributed by atoms with Crippen molar-refractivity contribution in [1.29, 1.82) is 0 Å². The molecule has 22 heavy (non-hydrogen) atoms. The number of nitrogens with one attached hydrogen (secondary N) is 1. The van der Waals surface area contributed by atoms with Crippen molar-refractivity contribution in [3.05, 3.63) is 69.8 Å².